The Balaban J connectivity index is 1.34. The Morgan fingerprint density at radius 2 is 1.83 bits per heavy atom. The lowest BCUT2D eigenvalue weighted by molar-refractivity contribution is -0.138. The predicted octanol–water partition coefficient (Wildman–Crippen LogP) is 3.65. The second-order valence-electron chi connectivity index (χ2n) is 8.37. The number of nitrogens with one attached hydrogen (secondary N) is 1. The summed E-state index contributed by atoms with van der Waals surface area (Å²) in [5.41, 5.74) is 0.486. The van der Waals surface area contributed by atoms with E-state index in [0.717, 1.165) is 44.6 Å². The highest BCUT2D eigenvalue weighted by atomic mass is 19.4. The molecule has 4 heterocycles. The van der Waals surface area contributed by atoms with Crippen molar-refractivity contribution in [3.05, 3.63) is 60.0 Å². The highest BCUT2D eigenvalue weighted by Crippen LogP contribution is 2.41. The van der Waals surface area contributed by atoms with Crippen molar-refractivity contribution in [3.63, 3.8) is 0 Å². The molecule has 3 aromatic rings. The summed E-state index contributed by atoms with van der Waals surface area (Å²) in [6, 6.07) is 8.90. The lowest BCUT2D eigenvalue weighted by Gasteiger charge is -2.26. The molecule has 2 aliphatic heterocycles. The van der Waals surface area contributed by atoms with Crippen LogP contribution in [-0.2, 0) is 22.3 Å². The molecule has 9 nitrogen and oxygen atoms in total. The number of rotatable bonds is 7. The normalized spacial score (nSPS) is 19.3. The van der Waals surface area contributed by atoms with Crippen molar-refractivity contribution in [2.45, 2.75) is 25.2 Å². The minimum Gasteiger partial charge on any atom is -0.379 e. The van der Waals surface area contributed by atoms with Gasteiger partial charge in [-0.2, -0.15) is 23.3 Å². The fourth-order valence-corrected chi connectivity index (χ4v) is 4.21. The van der Waals surface area contributed by atoms with Gasteiger partial charge in [-0.15, -0.1) is 0 Å². The van der Waals surface area contributed by atoms with Crippen LogP contribution in [0.5, 0.6) is 0 Å². The molecule has 0 amide bonds. The summed E-state index contributed by atoms with van der Waals surface area (Å²) in [5.74, 6) is -0.288. The monoisotopic (exact) mass is 489 g/mol. The number of hydrogen-bond acceptors (Lipinski definition) is 8. The maximum absolute atomic E-state index is 13.8. The summed E-state index contributed by atoms with van der Waals surface area (Å²) >= 11 is 0. The van der Waals surface area contributed by atoms with Gasteiger partial charge in [0.25, 0.3) is 0 Å². The number of nitrogens with zero attached hydrogens (tertiary/aromatic N) is 6. The Morgan fingerprint density at radius 1 is 1.03 bits per heavy atom. The van der Waals surface area contributed by atoms with Crippen LogP contribution >= 0.6 is 0 Å². The van der Waals surface area contributed by atoms with Gasteiger partial charge in [0.15, 0.2) is 5.82 Å². The van der Waals surface area contributed by atoms with Crippen LogP contribution in [0.4, 0.5) is 30.6 Å². The standard InChI is InChI=1S/C23H26F3N7O2/c24-23(25,26)19-15-27-22(29-18-14-28-32(16-18)8-7-31-9-12-34-13-10-31)30-21(19)33-20(6-11-35-33)17-4-2-1-3-5-17/h1-5,14-16,20H,6-13H2,(H,27,29,30). The van der Waals surface area contributed by atoms with Gasteiger partial charge in [0.1, 0.15) is 5.56 Å². The minimum absolute atomic E-state index is 0.0306. The van der Waals surface area contributed by atoms with Crippen LogP contribution in [0.25, 0.3) is 0 Å². The molecule has 0 spiro atoms. The van der Waals surface area contributed by atoms with E-state index in [1.54, 1.807) is 17.1 Å². The Labute approximate surface area is 200 Å². The lowest BCUT2D eigenvalue weighted by atomic mass is 10.0. The average Bonchev–Trinajstić information content (AvgIpc) is 3.53. The van der Waals surface area contributed by atoms with Gasteiger partial charge in [-0.05, 0) is 5.56 Å². The molecule has 1 aromatic carbocycles. The van der Waals surface area contributed by atoms with Gasteiger partial charge in [0.2, 0.25) is 5.95 Å². The molecule has 0 saturated carbocycles. The van der Waals surface area contributed by atoms with Gasteiger partial charge in [-0.3, -0.25) is 14.4 Å². The van der Waals surface area contributed by atoms with Crippen LogP contribution in [-0.4, -0.2) is 64.1 Å². The van der Waals surface area contributed by atoms with E-state index in [-0.39, 0.29) is 17.8 Å². The molecular weight excluding hydrogens is 463 g/mol. The number of halogens is 3. The summed E-state index contributed by atoms with van der Waals surface area (Å²) < 4.78 is 48.6. The van der Waals surface area contributed by atoms with Crippen molar-refractivity contribution < 1.29 is 22.7 Å². The number of aromatic nitrogens is 4. The van der Waals surface area contributed by atoms with Crippen LogP contribution in [0.15, 0.2) is 48.9 Å². The van der Waals surface area contributed by atoms with Crippen LogP contribution in [0.1, 0.15) is 23.6 Å². The third-order valence-electron chi connectivity index (χ3n) is 6.01. The van der Waals surface area contributed by atoms with Crippen molar-refractivity contribution in [2.75, 3.05) is 49.8 Å². The van der Waals surface area contributed by atoms with Crippen LogP contribution in [0.2, 0.25) is 0 Å². The fourth-order valence-electron chi connectivity index (χ4n) is 4.21. The number of hydrogen-bond donors (Lipinski definition) is 1. The van der Waals surface area contributed by atoms with E-state index in [4.69, 9.17) is 9.57 Å². The summed E-state index contributed by atoms with van der Waals surface area (Å²) in [6.07, 6.45) is 0.0755. The third kappa shape index (κ3) is 5.55. The molecular formula is C23H26F3N7O2. The number of alkyl halides is 3. The highest BCUT2D eigenvalue weighted by Gasteiger charge is 2.40. The highest BCUT2D eigenvalue weighted by molar-refractivity contribution is 5.56. The van der Waals surface area contributed by atoms with Crippen molar-refractivity contribution in [1.29, 1.82) is 0 Å². The topological polar surface area (TPSA) is 80.6 Å². The van der Waals surface area contributed by atoms with Crippen molar-refractivity contribution in [3.8, 4) is 0 Å². The van der Waals surface area contributed by atoms with Crippen LogP contribution < -0.4 is 10.4 Å². The number of morpholine rings is 1. The Kier molecular flexibility index (Phi) is 6.84. The molecule has 5 rings (SSSR count). The molecule has 2 aliphatic rings. The van der Waals surface area contributed by atoms with Gasteiger partial charge in [0, 0.05) is 38.4 Å². The third-order valence-corrected chi connectivity index (χ3v) is 6.01. The first-order valence-corrected chi connectivity index (χ1v) is 11.5. The van der Waals surface area contributed by atoms with Gasteiger partial charge >= 0.3 is 6.18 Å². The summed E-state index contributed by atoms with van der Waals surface area (Å²) in [4.78, 5) is 16.1. The zero-order valence-corrected chi connectivity index (χ0v) is 19.0. The molecule has 0 bridgehead atoms. The first kappa shape index (κ1) is 23.5. The first-order chi connectivity index (χ1) is 17.0. The largest absolute Gasteiger partial charge is 0.421 e. The molecule has 1 unspecified atom stereocenters. The van der Waals surface area contributed by atoms with Crippen molar-refractivity contribution in [1.82, 2.24) is 24.6 Å². The average molecular weight is 490 g/mol. The molecule has 186 valence electrons. The minimum atomic E-state index is -4.63. The second kappa shape index (κ2) is 10.2. The van der Waals surface area contributed by atoms with Crippen LogP contribution in [0, 0.1) is 0 Å². The Bertz CT molecular complexity index is 1120. The van der Waals surface area contributed by atoms with E-state index in [1.807, 2.05) is 30.3 Å². The summed E-state index contributed by atoms with van der Waals surface area (Å²) in [5, 5.41) is 8.55. The van der Waals surface area contributed by atoms with E-state index >= 15 is 0 Å². The van der Waals surface area contributed by atoms with Gasteiger partial charge in [-0.1, -0.05) is 30.3 Å². The van der Waals surface area contributed by atoms with E-state index < -0.39 is 11.7 Å². The molecule has 2 fully saturated rings. The smallest absolute Gasteiger partial charge is 0.379 e. The first-order valence-electron chi connectivity index (χ1n) is 11.5. The van der Waals surface area contributed by atoms with Gasteiger partial charge < -0.3 is 10.1 Å². The zero-order valence-electron chi connectivity index (χ0n) is 19.0. The van der Waals surface area contributed by atoms with E-state index in [0.29, 0.717) is 25.3 Å². The van der Waals surface area contributed by atoms with E-state index in [2.05, 4.69) is 25.3 Å². The molecule has 2 saturated heterocycles. The molecule has 35 heavy (non-hydrogen) atoms. The number of anilines is 3. The Hall–Kier alpha value is -3.22. The molecule has 0 radical (unpaired) electrons. The van der Waals surface area contributed by atoms with Gasteiger partial charge in [-0.25, -0.2) is 10.0 Å². The lowest BCUT2D eigenvalue weighted by Crippen LogP contribution is -2.38. The molecule has 12 heteroatoms. The van der Waals surface area contributed by atoms with Gasteiger partial charge in [0.05, 0.1) is 44.3 Å². The Morgan fingerprint density at radius 3 is 2.60 bits per heavy atom. The quantitative estimate of drug-likeness (QED) is 0.539. The second-order valence-corrected chi connectivity index (χ2v) is 8.37. The maximum Gasteiger partial charge on any atom is 0.421 e. The number of benzene rings is 1. The molecule has 2 aromatic heterocycles. The van der Waals surface area contributed by atoms with Crippen molar-refractivity contribution >= 4 is 17.5 Å². The predicted molar refractivity (Wildman–Crippen MR) is 122 cm³/mol. The zero-order chi connectivity index (χ0) is 24.3. The number of ether oxygens (including phenoxy) is 1. The van der Waals surface area contributed by atoms with E-state index in [1.165, 1.54) is 5.06 Å². The maximum atomic E-state index is 13.8. The SMILES string of the molecule is FC(F)(F)c1cnc(Nc2cnn(CCN3CCOCC3)c2)nc1N1OCCC1c1ccccc1. The van der Waals surface area contributed by atoms with Crippen LogP contribution in [0.3, 0.4) is 0 Å². The van der Waals surface area contributed by atoms with Crippen molar-refractivity contribution in [2.24, 2.45) is 0 Å². The summed E-state index contributed by atoms with van der Waals surface area (Å²) in [7, 11) is 0. The van der Waals surface area contributed by atoms with E-state index in [9.17, 15) is 13.2 Å². The summed E-state index contributed by atoms with van der Waals surface area (Å²) in [6.45, 7) is 5.03. The molecule has 1 atom stereocenters. The fraction of sp³-hybridized carbons (Fsp3) is 0.435. The number of hydroxylamine groups is 1. The molecule has 1 N–H and O–H groups in total. The molecule has 0 aliphatic carbocycles.